The van der Waals surface area contributed by atoms with Crippen molar-refractivity contribution in [3.63, 3.8) is 0 Å². The second kappa shape index (κ2) is 9.30. The molecule has 0 amide bonds. The van der Waals surface area contributed by atoms with E-state index in [4.69, 9.17) is 11.5 Å². The molecule has 0 heterocycles. The summed E-state index contributed by atoms with van der Waals surface area (Å²) in [5, 5.41) is 0. The Morgan fingerprint density at radius 3 is 2.50 bits per heavy atom. The molecule has 0 aliphatic rings. The average molecular weight is 230 g/mol. The molecule has 0 aromatic carbocycles. The minimum absolute atomic E-state index is 0.281. The molecule has 0 saturated heterocycles. The van der Waals surface area contributed by atoms with Crippen molar-refractivity contribution in [2.75, 3.05) is 6.54 Å². The Hall–Kier alpha value is -0.940. The zero-order valence-electron chi connectivity index (χ0n) is 9.91. The first-order valence-corrected chi connectivity index (χ1v) is 5.82. The molecule has 4 N–H and O–H groups in total. The number of nitrogens with two attached hydrogens (primary N) is 2. The fourth-order valence-corrected chi connectivity index (χ4v) is 1.21. The van der Waals surface area contributed by atoms with Crippen molar-refractivity contribution in [2.45, 2.75) is 51.5 Å². The molecule has 0 unspecified atom stereocenters. The van der Waals surface area contributed by atoms with Crippen LogP contribution >= 0.6 is 0 Å². The Morgan fingerprint density at radius 2 is 1.94 bits per heavy atom. The van der Waals surface area contributed by atoms with E-state index >= 15 is 0 Å². The van der Waals surface area contributed by atoms with E-state index in [1.165, 1.54) is 0 Å². The van der Waals surface area contributed by atoms with Crippen molar-refractivity contribution in [1.29, 1.82) is 0 Å². The van der Waals surface area contributed by atoms with Crippen molar-refractivity contribution in [3.05, 3.63) is 0 Å². The molecular weight excluding hydrogens is 208 g/mol. The van der Waals surface area contributed by atoms with E-state index in [0.29, 0.717) is 19.4 Å². The van der Waals surface area contributed by atoms with Crippen LogP contribution in [-0.4, -0.2) is 24.5 Å². The van der Waals surface area contributed by atoms with E-state index < -0.39 is 18.0 Å². The normalized spacial score (nSPS) is 12.2. The van der Waals surface area contributed by atoms with E-state index in [1.807, 2.05) is 6.92 Å². The van der Waals surface area contributed by atoms with Crippen LogP contribution in [-0.2, 0) is 14.3 Å². The average Bonchev–Trinajstić information content (AvgIpc) is 2.26. The maximum absolute atomic E-state index is 11.3. The van der Waals surface area contributed by atoms with Crippen molar-refractivity contribution in [2.24, 2.45) is 11.5 Å². The van der Waals surface area contributed by atoms with Gasteiger partial charge in [0.15, 0.2) is 0 Å². The molecule has 16 heavy (non-hydrogen) atoms. The Kier molecular flexibility index (Phi) is 8.75. The Balaban J connectivity index is 3.72. The summed E-state index contributed by atoms with van der Waals surface area (Å²) >= 11 is 0. The Bertz CT molecular complexity index is 219. The predicted molar refractivity (Wildman–Crippen MR) is 61.5 cm³/mol. The quantitative estimate of drug-likeness (QED) is 0.363. The van der Waals surface area contributed by atoms with Crippen molar-refractivity contribution < 1.29 is 14.3 Å². The maximum Gasteiger partial charge on any atom is 0.330 e. The molecule has 94 valence electrons. The molecule has 0 rings (SSSR count). The molecule has 0 aliphatic heterocycles. The van der Waals surface area contributed by atoms with Crippen LogP contribution in [0.25, 0.3) is 0 Å². The second-order valence-corrected chi connectivity index (χ2v) is 3.79. The van der Waals surface area contributed by atoms with Crippen molar-refractivity contribution in [3.8, 4) is 0 Å². The number of unbranched alkanes of at least 4 members (excludes halogenated alkanes) is 2. The SMILES string of the molecule is CCCCCC(=O)OC(=O)[C@H](N)CCCN. The van der Waals surface area contributed by atoms with Crippen LogP contribution in [0.4, 0.5) is 0 Å². The molecule has 1 atom stereocenters. The van der Waals surface area contributed by atoms with Crippen LogP contribution in [0.2, 0.25) is 0 Å². The lowest BCUT2D eigenvalue weighted by molar-refractivity contribution is -0.160. The first-order valence-electron chi connectivity index (χ1n) is 5.82. The van der Waals surface area contributed by atoms with Crippen LogP contribution in [0.1, 0.15) is 45.4 Å². The van der Waals surface area contributed by atoms with Gasteiger partial charge in [0, 0.05) is 6.42 Å². The van der Waals surface area contributed by atoms with E-state index in [0.717, 1.165) is 19.3 Å². The molecule has 0 bridgehead atoms. The summed E-state index contributed by atoms with van der Waals surface area (Å²) in [7, 11) is 0. The topological polar surface area (TPSA) is 95.4 Å². The first kappa shape index (κ1) is 15.1. The molecule has 0 aromatic rings. The van der Waals surface area contributed by atoms with Crippen LogP contribution in [0.5, 0.6) is 0 Å². The van der Waals surface area contributed by atoms with Gasteiger partial charge >= 0.3 is 11.9 Å². The van der Waals surface area contributed by atoms with E-state index in [1.54, 1.807) is 0 Å². The van der Waals surface area contributed by atoms with Crippen molar-refractivity contribution in [1.82, 2.24) is 0 Å². The first-order chi connectivity index (χ1) is 7.61. The minimum Gasteiger partial charge on any atom is -0.392 e. The molecule has 0 spiro atoms. The molecule has 0 aliphatic carbocycles. The van der Waals surface area contributed by atoms with Crippen LogP contribution in [0.15, 0.2) is 0 Å². The minimum atomic E-state index is -0.737. The lowest BCUT2D eigenvalue weighted by Crippen LogP contribution is -2.34. The monoisotopic (exact) mass is 230 g/mol. The van der Waals surface area contributed by atoms with Gasteiger partial charge in [-0.3, -0.25) is 4.79 Å². The van der Waals surface area contributed by atoms with Gasteiger partial charge in [-0.05, 0) is 25.8 Å². The van der Waals surface area contributed by atoms with E-state index in [-0.39, 0.29) is 6.42 Å². The van der Waals surface area contributed by atoms with Gasteiger partial charge < -0.3 is 16.2 Å². The highest BCUT2D eigenvalue weighted by atomic mass is 16.6. The highest BCUT2D eigenvalue weighted by molar-refractivity contribution is 5.88. The third kappa shape index (κ3) is 7.36. The van der Waals surface area contributed by atoms with E-state index in [9.17, 15) is 9.59 Å². The van der Waals surface area contributed by atoms with Gasteiger partial charge in [-0.25, -0.2) is 4.79 Å². The summed E-state index contributed by atoms with van der Waals surface area (Å²) in [6.45, 7) is 2.52. The highest BCUT2D eigenvalue weighted by Gasteiger charge is 2.17. The smallest absolute Gasteiger partial charge is 0.330 e. The number of esters is 2. The summed E-state index contributed by atoms with van der Waals surface area (Å²) < 4.78 is 4.61. The number of rotatable bonds is 8. The van der Waals surface area contributed by atoms with Gasteiger partial charge in [0.2, 0.25) is 0 Å². The van der Waals surface area contributed by atoms with Gasteiger partial charge in [-0.1, -0.05) is 19.8 Å². The Morgan fingerprint density at radius 1 is 1.25 bits per heavy atom. The molecular formula is C11H22N2O3. The largest absolute Gasteiger partial charge is 0.392 e. The van der Waals surface area contributed by atoms with Gasteiger partial charge in [-0.15, -0.1) is 0 Å². The number of hydrogen-bond donors (Lipinski definition) is 2. The number of hydrogen-bond acceptors (Lipinski definition) is 5. The lowest BCUT2D eigenvalue weighted by atomic mass is 10.2. The highest BCUT2D eigenvalue weighted by Crippen LogP contribution is 2.02. The van der Waals surface area contributed by atoms with Crippen LogP contribution in [0.3, 0.4) is 0 Å². The summed E-state index contributed by atoms with van der Waals surface area (Å²) in [6.07, 6.45) is 4.13. The van der Waals surface area contributed by atoms with Crippen molar-refractivity contribution >= 4 is 11.9 Å². The molecule has 0 aromatic heterocycles. The summed E-state index contributed by atoms with van der Waals surface area (Å²) in [4.78, 5) is 22.5. The molecule has 0 fully saturated rings. The standard InChI is InChI=1S/C11H22N2O3/c1-2-3-4-7-10(14)16-11(15)9(13)6-5-8-12/h9H,2-8,12-13H2,1H3/t9-/m1/s1. The van der Waals surface area contributed by atoms with Crippen LogP contribution in [0, 0.1) is 0 Å². The lowest BCUT2D eigenvalue weighted by Gasteiger charge is -2.09. The Labute approximate surface area is 96.5 Å². The molecule has 0 radical (unpaired) electrons. The summed E-state index contributed by atoms with van der Waals surface area (Å²) in [5.74, 6) is -1.13. The van der Waals surface area contributed by atoms with Gasteiger partial charge in [0.25, 0.3) is 0 Å². The summed E-state index contributed by atoms with van der Waals surface area (Å²) in [5.41, 5.74) is 10.8. The fourth-order valence-electron chi connectivity index (χ4n) is 1.21. The predicted octanol–water partition coefficient (Wildman–Crippen LogP) is 0.703. The third-order valence-corrected chi connectivity index (χ3v) is 2.22. The third-order valence-electron chi connectivity index (χ3n) is 2.22. The zero-order chi connectivity index (χ0) is 12.4. The number of carbonyl (C=O) groups excluding carboxylic acids is 2. The van der Waals surface area contributed by atoms with Gasteiger partial charge in [0.1, 0.15) is 6.04 Å². The molecule has 0 saturated carbocycles. The van der Waals surface area contributed by atoms with Gasteiger partial charge in [-0.2, -0.15) is 0 Å². The molecule has 5 nitrogen and oxygen atoms in total. The number of carbonyl (C=O) groups is 2. The summed E-state index contributed by atoms with van der Waals surface area (Å²) in [6, 6.07) is -0.737. The van der Waals surface area contributed by atoms with Crippen LogP contribution < -0.4 is 11.5 Å². The molecule has 5 heteroatoms. The fraction of sp³-hybridized carbons (Fsp3) is 0.818. The van der Waals surface area contributed by atoms with Gasteiger partial charge in [0.05, 0.1) is 0 Å². The maximum atomic E-state index is 11.3. The number of ether oxygens (including phenoxy) is 1. The van der Waals surface area contributed by atoms with E-state index in [2.05, 4.69) is 4.74 Å². The second-order valence-electron chi connectivity index (χ2n) is 3.79. The zero-order valence-corrected chi connectivity index (χ0v) is 9.91.